The summed E-state index contributed by atoms with van der Waals surface area (Å²) >= 11 is 0. The van der Waals surface area contributed by atoms with Gasteiger partial charge in [-0.15, -0.1) is 0 Å². The van der Waals surface area contributed by atoms with Crippen LogP contribution in [0.25, 0.3) is 0 Å². The number of pyridine rings is 1. The molecule has 1 amide bonds. The van der Waals surface area contributed by atoms with Gasteiger partial charge in [0.05, 0.1) is 30.7 Å². The van der Waals surface area contributed by atoms with Gasteiger partial charge in [-0.2, -0.15) is 13.2 Å². The smallest absolute Gasteiger partial charge is 0.379 e. The number of halogens is 3. The number of hydrogen-bond donors (Lipinski definition) is 1. The molecule has 0 bridgehead atoms. The van der Waals surface area contributed by atoms with E-state index in [0.29, 0.717) is 43.5 Å². The second kappa shape index (κ2) is 9.23. The zero-order chi connectivity index (χ0) is 20.9. The summed E-state index contributed by atoms with van der Waals surface area (Å²) in [6.07, 6.45) is -2.93. The first-order valence-electron chi connectivity index (χ1n) is 9.31. The lowest BCUT2D eigenvalue weighted by atomic mass is 10.1. The van der Waals surface area contributed by atoms with Gasteiger partial charge in [-0.1, -0.05) is 6.07 Å². The average Bonchev–Trinajstić information content (AvgIpc) is 2.69. The molecule has 1 aliphatic rings. The van der Waals surface area contributed by atoms with E-state index in [-0.39, 0.29) is 5.91 Å². The molecule has 29 heavy (non-hydrogen) atoms. The molecule has 0 saturated carbocycles. The van der Waals surface area contributed by atoms with E-state index in [2.05, 4.69) is 15.2 Å². The summed E-state index contributed by atoms with van der Waals surface area (Å²) in [7, 11) is 0. The number of amides is 1. The Hall–Kier alpha value is -2.65. The van der Waals surface area contributed by atoms with Crippen LogP contribution >= 0.6 is 0 Å². The molecule has 0 radical (unpaired) electrons. The summed E-state index contributed by atoms with van der Waals surface area (Å²) in [4.78, 5) is 19.5. The molecule has 3 rings (SSSR count). The molecule has 0 atom stereocenters. The van der Waals surface area contributed by atoms with Crippen LogP contribution in [0.2, 0.25) is 0 Å². The van der Waals surface area contributed by atoms with Crippen molar-refractivity contribution in [3.05, 3.63) is 48.2 Å². The Balaban J connectivity index is 1.86. The molecule has 1 aromatic heterocycles. The number of alkyl halides is 3. The lowest BCUT2D eigenvalue weighted by Gasteiger charge is -2.31. The Bertz CT molecular complexity index is 821. The van der Waals surface area contributed by atoms with Crippen LogP contribution in [0, 0.1) is 0 Å². The zero-order valence-electron chi connectivity index (χ0n) is 16.1. The van der Waals surface area contributed by atoms with Crippen LogP contribution in [0.15, 0.2) is 42.6 Å². The standard InChI is InChI=1S/C20H23F3N4O2/c1-15(28)25-17-5-6-19(24-14-17)27(8-7-26-9-11-29-12-10-26)18-4-2-3-16(13-18)20(21,22)23/h2-6,13-14H,7-12H2,1H3,(H,25,28). The predicted octanol–water partition coefficient (Wildman–Crippen LogP) is 3.53. The van der Waals surface area contributed by atoms with Crippen LogP contribution in [0.1, 0.15) is 12.5 Å². The highest BCUT2D eigenvalue weighted by molar-refractivity contribution is 5.88. The topological polar surface area (TPSA) is 57.7 Å². The zero-order valence-corrected chi connectivity index (χ0v) is 16.1. The van der Waals surface area contributed by atoms with Gasteiger partial charge in [-0.25, -0.2) is 4.98 Å². The van der Waals surface area contributed by atoms with Crippen molar-refractivity contribution in [2.75, 3.05) is 49.6 Å². The number of aromatic nitrogens is 1. The van der Waals surface area contributed by atoms with E-state index in [9.17, 15) is 18.0 Å². The highest BCUT2D eigenvalue weighted by Gasteiger charge is 2.31. The van der Waals surface area contributed by atoms with Crippen molar-refractivity contribution in [1.29, 1.82) is 0 Å². The molecule has 9 heteroatoms. The minimum atomic E-state index is -4.42. The van der Waals surface area contributed by atoms with E-state index in [4.69, 9.17) is 4.74 Å². The maximum absolute atomic E-state index is 13.2. The van der Waals surface area contributed by atoms with Gasteiger partial charge in [0.1, 0.15) is 5.82 Å². The van der Waals surface area contributed by atoms with Crippen molar-refractivity contribution >= 4 is 23.1 Å². The number of benzene rings is 1. The van der Waals surface area contributed by atoms with Gasteiger partial charge in [0, 0.05) is 38.8 Å². The molecular weight excluding hydrogens is 385 g/mol. The van der Waals surface area contributed by atoms with Crippen LogP contribution in [-0.4, -0.2) is 55.2 Å². The van der Waals surface area contributed by atoms with Gasteiger partial charge in [0.15, 0.2) is 0 Å². The molecule has 1 aliphatic heterocycles. The van der Waals surface area contributed by atoms with Gasteiger partial charge < -0.3 is 15.0 Å². The molecule has 1 saturated heterocycles. The molecule has 156 valence electrons. The summed E-state index contributed by atoms with van der Waals surface area (Å²) in [5.41, 5.74) is 0.229. The Morgan fingerprint density at radius 2 is 2.00 bits per heavy atom. The van der Waals surface area contributed by atoms with E-state index in [0.717, 1.165) is 25.2 Å². The normalized spacial score (nSPS) is 15.2. The minimum Gasteiger partial charge on any atom is -0.379 e. The number of anilines is 3. The first-order valence-corrected chi connectivity index (χ1v) is 9.31. The Morgan fingerprint density at radius 1 is 1.24 bits per heavy atom. The molecule has 0 aliphatic carbocycles. The monoisotopic (exact) mass is 408 g/mol. The molecule has 0 unspecified atom stereocenters. The molecule has 1 aromatic carbocycles. The van der Waals surface area contributed by atoms with E-state index in [1.807, 2.05) is 0 Å². The molecule has 1 N–H and O–H groups in total. The quantitative estimate of drug-likeness (QED) is 0.793. The van der Waals surface area contributed by atoms with Crippen molar-refractivity contribution in [3.8, 4) is 0 Å². The van der Waals surface area contributed by atoms with Crippen molar-refractivity contribution in [2.45, 2.75) is 13.1 Å². The summed E-state index contributed by atoms with van der Waals surface area (Å²) in [6.45, 7) is 5.38. The minimum absolute atomic E-state index is 0.221. The summed E-state index contributed by atoms with van der Waals surface area (Å²) in [5, 5.41) is 2.63. The molecular formula is C20H23F3N4O2. The highest BCUT2D eigenvalue weighted by Crippen LogP contribution is 2.33. The van der Waals surface area contributed by atoms with Crippen molar-refractivity contribution < 1.29 is 22.7 Å². The molecule has 2 aromatic rings. The molecule has 2 heterocycles. The fourth-order valence-electron chi connectivity index (χ4n) is 3.12. The molecule has 1 fully saturated rings. The third kappa shape index (κ3) is 5.91. The Morgan fingerprint density at radius 3 is 2.62 bits per heavy atom. The van der Waals surface area contributed by atoms with Crippen molar-refractivity contribution in [2.24, 2.45) is 0 Å². The first-order chi connectivity index (χ1) is 13.8. The number of hydrogen-bond acceptors (Lipinski definition) is 5. The van der Waals surface area contributed by atoms with Crippen LogP contribution in [0.4, 0.5) is 30.4 Å². The van der Waals surface area contributed by atoms with Gasteiger partial charge in [0.2, 0.25) is 5.91 Å². The second-order valence-corrected chi connectivity index (χ2v) is 6.74. The molecule has 6 nitrogen and oxygen atoms in total. The van der Waals surface area contributed by atoms with Crippen LogP contribution in [0.3, 0.4) is 0 Å². The van der Waals surface area contributed by atoms with Crippen LogP contribution in [0.5, 0.6) is 0 Å². The highest BCUT2D eigenvalue weighted by atomic mass is 19.4. The van der Waals surface area contributed by atoms with Gasteiger partial charge in [-0.3, -0.25) is 9.69 Å². The van der Waals surface area contributed by atoms with Gasteiger partial charge in [0.25, 0.3) is 0 Å². The van der Waals surface area contributed by atoms with Gasteiger partial charge in [-0.05, 0) is 30.3 Å². The first kappa shape index (κ1) is 21.1. The summed E-state index contributed by atoms with van der Waals surface area (Å²) in [6, 6.07) is 8.58. The van der Waals surface area contributed by atoms with E-state index in [1.165, 1.54) is 19.2 Å². The van der Waals surface area contributed by atoms with Crippen LogP contribution < -0.4 is 10.2 Å². The van der Waals surface area contributed by atoms with Crippen molar-refractivity contribution in [1.82, 2.24) is 9.88 Å². The number of carbonyl (C=O) groups is 1. The number of rotatable bonds is 6. The fraction of sp³-hybridized carbons (Fsp3) is 0.400. The lowest BCUT2D eigenvalue weighted by Crippen LogP contribution is -2.40. The SMILES string of the molecule is CC(=O)Nc1ccc(N(CCN2CCOCC2)c2cccc(C(F)(F)F)c2)nc1. The number of ether oxygens (including phenoxy) is 1. The maximum Gasteiger partial charge on any atom is 0.416 e. The number of nitrogens with one attached hydrogen (secondary N) is 1. The van der Waals surface area contributed by atoms with E-state index in [1.54, 1.807) is 23.1 Å². The molecule has 0 spiro atoms. The lowest BCUT2D eigenvalue weighted by molar-refractivity contribution is -0.137. The van der Waals surface area contributed by atoms with E-state index < -0.39 is 11.7 Å². The number of nitrogens with zero attached hydrogens (tertiary/aromatic N) is 3. The fourth-order valence-corrected chi connectivity index (χ4v) is 3.12. The van der Waals surface area contributed by atoms with E-state index >= 15 is 0 Å². The number of carbonyl (C=O) groups excluding carboxylic acids is 1. The summed E-state index contributed by atoms with van der Waals surface area (Å²) < 4.78 is 44.9. The van der Waals surface area contributed by atoms with Crippen LogP contribution in [-0.2, 0) is 15.7 Å². The predicted molar refractivity (Wildman–Crippen MR) is 104 cm³/mol. The average molecular weight is 408 g/mol. The number of morpholine rings is 1. The summed E-state index contributed by atoms with van der Waals surface area (Å²) in [5.74, 6) is 0.285. The second-order valence-electron chi connectivity index (χ2n) is 6.74. The third-order valence-corrected chi connectivity index (χ3v) is 4.57. The van der Waals surface area contributed by atoms with Crippen molar-refractivity contribution in [3.63, 3.8) is 0 Å². The third-order valence-electron chi connectivity index (χ3n) is 4.57. The Labute approximate surface area is 167 Å². The van der Waals surface area contributed by atoms with Gasteiger partial charge >= 0.3 is 6.18 Å². The largest absolute Gasteiger partial charge is 0.416 e. The maximum atomic E-state index is 13.2. The Kier molecular flexibility index (Phi) is 6.71.